The van der Waals surface area contributed by atoms with E-state index in [2.05, 4.69) is 31.1 Å². The van der Waals surface area contributed by atoms with E-state index in [1.165, 1.54) is 0 Å². The van der Waals surface area contributed by atoms with E-state index in [4.69, 9.17) is 4.74 Å². The van der Waals surface area contributed by atoms with E-state index < -0.39 is 0 Å². The Hall–Kier alpha value is -3.15. The number of likely N-dealkylation sites (N-methyl/N-ethyl adjacent to an activating group) is 1. The minimum absolute atomic E-state index is 0.0193. The molecule has 1 saturated heterocycles. The molecule has 1 heterocycles. The molecule has 3 aromatic carbocycles. The predicted octanol–water partition coefficient (Wildman–Crippen LogP) is 5.19. The number of phenols is 1. The molecule has 2 aliphatic rings. The molecule has 0 radical (unpaired) electrons. The molecule has 5 nitrogen and oxygen atoms in total. The van der Waals surface area contributed by atoms with Gasteiger partial charge in [-0.3, -0.25) is 4.79 Å². The van der Waals surface area contributed by atoms with Crippen molar-refractivity contribution >= 4 is 16.7 Å². The molecule has 0 aromatic heterocycles. The van der Waals surface area contributed by atoms with Crippen LogP contribution in [0.3, 0.4) is 0 Å². The number of hydrogen-bond donors (Lipinski definition) is 2. The number of hydrogen-bond acceptors (Lipinski definition) is 3. The minimum atomic E-state index is -0.388. The van der Waals surface area contributed by atoms with Crippen LogP contribution in [0.5, 0.6) is 5.75 Å². The lowest BCUT2D eigenvalue weighted by Crippen LogP contribution is -2.72. The molecule has 1 aliphatic carbocycles. The summed E-state index contributed by atoms with van der Waals surface area (Å²) in [6.45, 7) is 6.74. The van der Waals surface area contributed by atoms with Crippen LogP contribution < -0.4 is 5.32 Å². The molecule has 5 heteroatoms. The zero-order chi connectivity index (χ0) is 25.4. The number of carbonyl (C=O) groups is 1. The molecule has 0 bridgehead atoms. The summed E-state index contributed by atoms with van der Waals surface area (Å²) in [4.78, 5) is 13.4. The highest BCUT2D eigenvalue weighted by molar-refractivity contribution is 5.98. The highest BCUT2D eigenvalue weighted by atomic mass is 16.5. The number of nitrogens with zero attached hydrogens (tertiary/aromatic N) is 1. The average Bonchev–Trinajstić information content (AvgIpc) is 2.88. The van der Waals surface area contributed by atoms with Gasteiger partial charge >= 0.3 is 0 Å². The quantitative estimate of drug-likeness (QED) is 0.373. The van der Waals surface area contributed by atoms with Gasteiger partial charge in [0.1, 0.15) is 17.9 Å². The number of nitrogens with one attached hydrogen (secondary N) is 1. The second-order valence-electron chi connectivity index (χ2n) is 11.0. The van der Waals surface area contributed by atoms with Gasteiger partial charge in [-0.1, -0.05) is 49.0 Å². The van der Waals surface area contributed by atoms with Crippen molar-refractivity contribution < 1.29 is 19.1 Å². The molecule has 1 amide bonds. The number of ether oxygens (including phenoxy) is 1. The van der Waals surface area contributed by atoms with Crippen molar-refractivity contribution in [3.05, 3.63) is 90.5 Å². The molecule has 1 saturated carbocycles. The number of rotatable bonds is 6. The summed E-state index contributed by atoms with van der Waals surface area (Å²) < 4.78 is 7.35. The molecular formula is C31H37N2O3+. The fourth-order valence-corrected chi connectivity index (χ4v) is 6.95. The molecule has 5 rings (SSSR count). The Bertz CT molecular complexity index is 1290. The zero-order valence-corrected chi connectivity index (χ0v) is 21.4. The zero-order valence-electron chi connectivity index (χ0n) is 21.4. The van der Waals surface area contributed by atoms with Gasteiger partial charge < -0.3 is 19.6 Å². The third-order valence-corrected chi connectivity index (χ3v) is 8.79. The van der Waals surface area contributed by atoms with Crippen LogP contribution in [0.1, 0.15) is 41.6 Å². The van der Waals surface area contributed by atoms with Crippen molar-refractivity contribution in [3.8, 4) is 5.75 Å². The molecule has 3 aromatic rings. The second kappa shape index (κ2) is 9.38. The number of fused-ring (bicyclic) bond motifs is 2. The van der Waals surface area contributed by atoms with Crippen LogP contribution in [0.25, 0.3) is 10.8 Å². The molecule has 188 valence electrons. The Kier molecular flexibility index (Phi) is 6.39. The summed E-state index contributed by atoms with van der Waals surface area (Å²) in [5, 5.41) is 15.9. The monoisotopic (exact) mass is 485 g/mol. The Morgan fingerprint density at radius 1 is 1.14 bits per heavy atom. The van der Waals surface area contributed by atoms with Gasteiger partial charge in [0.15, 0.2) is 0 Å². The number of methoxy groups -OCH3 is 1. The summed E-state index contributed by atoms with van der Waals surface area (Å²) in [7, 11) is 4.11. The smallest absolute Gasteiger partial charge is 0.251 e. The summed E-state index contributed by atoms with van der Waals surface area (Å²) in [6.07, 6.45) is 5.38. The van der Waals surface area contributed by atoms with Crippen molar-refractivity contribution in [3.63, 3.8) is 0 Å². The highest BCUT2D eigenvalue weighted by Crippen LogP contribution is 2.54. The van der Waals surface area contributed by atoms with E-state index in [-0.39, 0.29) is 28.7 Å². The Morgan fingerprint density at radius 3 is 2.69 bits per heavy atom. The molecular weight excluding hydrogens is 448 g/mol. The minimum Gasteiger partial charge on any atom is -0.508 e. The van der Waals surface area contributed by atoms with Gasteiger partial charge in [0.05, 0.1) is 20.1 Å². The number of quaternary nitrogens is 1. The van der Waals surface area contributed by atoms with Crippen LogP contribution in [0.4, 0.5) is 0 Å². The van der Waals surface area contributed by atoms with Crippen molar-refractivity contribution in [2.24, 2.45) is 0 Å². The number of piperidine rings is 1. The molecule has 2 N–H and O–H groups in total. The predicted molar refractivity (Wildman–Crippen MR) is 144 cm³/mol. The fourth-order valence-electron chi connectivity index (χ4n) is 6.95. The Labute approximate surface area is 214 Å². The van der Waals surface area contributed by atoms with Gasteiger partial charge in [-0.05, 0) is 65.9 Å². The Morgan fingerprint density at radius 2 is 1.94 bits per heavy atom. The number of aromatic hydroxyl groups is 1. The summed E-state index contributed by atoms with van der Waals surface area (Å²) in [5.74, 6) is 0.230. The third-order valence-electron chi connectivity index (χ3n) is 8.79. The van der Waals surface area contributed by atoms with E-state index >= 15 is 0 Å². The van der Waals surface area contributed by atoms with Gasteiger partial charge in [0, 0.05) is 30.6 Å². The third kappa shape index (κ3) is 4.21. The summed E-state index contributed by atoms with van der Waals surface area (Å²) in [6, 6.07) is 21.7. The van der Waals surface area contributed by atoms with Crippen molar-refractivity contribution in [2.45, 2.75) is 42.7 Å². The van der Waals surface area contributed by atoms with Crippen LogP contribution in [-0.2, 0) is 10.2 Å². The van der Waals surface area contributed by atoms with Gasteiger partial charge in [-0.25, -0.2) is 0 Å². The SMILES string of the molecule is C=CC[N@@+]1(C)CC[C@@]2(c3cccc(O)c3)C[C@H](NC(=O)c3ccc4ccccc4c3)CCC2(OC)C1. The maximum absolute atomic E-state index is 13.4. The number of likely N-dealkylation sites (tertiary alicyclic amines) is 1. The first-order valence-electron chi connectivity index (χ1n) is 12.9. The first-order chi connectivity index (χ1) is 17.3. The van der Waals surface area contributed by atoms with E-state index in [0.29, 0.717) is 5.56 Å². The van der Waals surface area contributed by atoms with Gasteiger partial charge in [-0.2, -0.15) is 0 Å². The van der Waals surface area contributed by atoms with E-state index in [0.717, 1.165) is 66.1 Å². The first kappa shape index (κ1) is 24.5. The summed E-state index contributed by atoms with van der Waals surface area (Å²) >= 11 is 0. The van der Waals surface area contributed by atoms with E-state index in [1.807, 2.05) is 61.7 Å². The lowest BCUT2D eigenvalue weighted by atomic mass is 9.54. The first-order valence-corrected chi connectivity index (χ1v) is 12.9. The lowest BCUT2D eigenvalue weighted by molar-refractivity contribution is -0.918. The van der Waals surface area contributed by atoms with Crippen LogP contribution >= 0.6 is 0 Å². The lowest BCUT2D eigenvalue weighted by Gasteiger charge is -2.61. The molecule has 1 unspecified atom stereocenters. The fraction of sp³-hybridized carbons (Fsp3) is 0.387. The van der Waals surface area contributed by atoms with Crippen LogP contribution in [0.2, 0.25) is 0 Å². The number of benzene rings is 3. The second-order valence-corrected chi connectivity index (χ2v) is 11.0. The van der Waals surface area contributed by atoms with E-state index in [1.54, 1.807) is 6.07 Å². The standard InChI is InChI=1S/C31H36N2O3/c1-4-17-33(2)18-16-30(26-10-7-11-28(34)20-26)21-27(14-15-31(30,22-33)36-3)32-29(35)25-13-12-23-8-5-6-9-24(23)19-25/h4-13,19-20,27H,1,14-18,21-22H2,2-3H3,(H-,32,34,35)/p+1/t27-,30+,31?,33+/m1/s1. The molecule has 4 atom stereocenters. The van der Waals surface area contributed by atoms with Crippen molar-refractivity contribution in [1.82, 2.24) is 5.32 Å². The topological polar surface area (TPSA) is 58.6 Å². The normalized spacial score (nSPS) is 29.9. The molecule has 2 fully saturated rings. The Balaban J connectivity index is 1.47. The van der Waals surface area contributed by atoms with Gasteiger partial charge in [-0.15, -0.1) is 0 Å². The van der Waals surface area contributed by atoms with Crippen molar-refractivity contribution in [1.29, 1.82) is 0 Å². The molecule has 0 spiro atoms. The maximum atomic E-state index is 13.4. The van der Waals surface area contributed by atoms with Gasteiger partial charge in [0.2, 0.25) is 0 Å². The van der Waals surface area contributed by atoms with Crippen molar-refractivity contribution in [2.75, 3.05) is 33.8 Å². The van der Waals surface area contributed by atoms with Crippen LogP contribution in [-0.4, -0.2) is 60.9 Å². The average molecular weight is 486 g/mol. The number of amides is 1. The maximum Gasteiger partial charge on any atom is 0.251 e. The number of phenolic OH excluding ortho intramolecular Hbond substituents is 1. The van der Waals surface area contributed by atoms with Gasteiger partial charge in [0.25, 0.3) is 5.91 Å². The highest BCUT2D eigenvalue weighted by Gasteiger charge is 2.62. The van der Waals surface area contributed by atoms with E-state index in [9.17, 15) is 9.90 Å². The summed E-state index contributed by atoms with van der Waals surface area (Å²) in [5.41, 5.74) is 1.08. The molecule has 36 heavy (non-hydrogen) atoms. The van der Waals surface area contributed by atoms with Crippen LogP contribution in [0.15, 0.2) is 79.4 Å². The largest absolute Gasteiger partial charge is 0.508 e. The molecule has 1 aliphatic heterocycles. The number of carbonyl (C=O) groups excluding carboxylic acids is 1. The van der Waals surface area contributed by atoms with Crippen LogP contribution in [0, 0.1) is 0 Å².